The van der Waals surface area contributed by atoms with E-state index < -0.39 is 0 Å². The van der Waals surface area contributed by atoms with Crippen molar-refractivity contribution in [3.8, 4) is 0 Å². The second kappa shape index (κ2) is 7.00. The first-order valence-corrected chi connectivity index (χ1v) is 8.38. The Labute approximate surface area is 147 Å². The summed E-state index contributed by atoms with van der Waals surface area (Å²) in [6, 6.07) is 10.2. The summed E-state index contributed by atoms with van der Waals surface area (Å²) in [6.07, 6.45) is 2.98. The Balaban J connectivity index is 1.71. The van der Waals surface area contributed by atoms with Gasteiger partial charge in [0, 0.05) is 41.1 Å². The summed E-state index contributed by atoms with van der Waals surface area (Å²) < 4.78 is 2.05. The molecule has 1 aromatic carbocycles. The average Bonchev–Trinajstić information content (AvgIpc) is 2.97. The van der Waals surface area contributed by atoms with E-state index >= 15 is 0 Å². The molecule has 2 amide bonds. The summed E-state index contributed by atoms with van der Waals surface area (Å²) in [6.45, 7) is 0.620. The fraction of sp³-hybridized carbons (Fsp3) is 0.235. The van der Waals surface area contributed by atoms with E-state index in [1.807, 2.05) is 6.07 Å². The fourth-order valence-electron chi connectivity index (χ4n) is 2.65. The van der Waals surface area contributed by atoms with Crippen LogP contribution in [0.4, 0.5) is 11.4 Å². The van der Waals surface area contributed by atoms with E-state index in [0.29, 0.717) is 18.7 Å². The first kappa shape index (κ1) is 16.4. The second-order valence-corrected chi connectivity index (χ2v) is 6.48. The molecule has 2 aromatic rings. The molecule has 124 valence electrons. The second-order valence-electron chi connectivity index (χ2n) is 5.56. The van der Waals surface area contributed by atoms with Gasteiger partial charge in [-0.15, -0.1) is 0 Å². The number of carbonyl (C=O) groups is 2. The monoisotopic (exact) mass is 389 g/mol. The van der Waals surface area contributed by atoms with Gasteiger partial charge in [-0.1, -0.05) is 6.07 Å². The molecule has 1 N–H and O–H groups in total. The van der Waals surface area contributed by atoms with Crippen molar-refractivity contribution in [2.75, 3.05) is 16.8 Å². The molecule has 0 saturated carbocycles. The van der Waals surface area contributed by atoms with E-state index in [1.54, 1.807) is 35.4 Å². The van der Waals surface area contributed by atoms with Crippen molar-refractivity contribution in [2.24, 2.45) is 0 Å². The molecule has 1 aliphatic heterocycles. The standard InChI is InChI=1S/C17H16BrN3O3/c18-12-6-7-16(23)20(10-12)11-15(22)19-13-3-1-4-14(9-13)21-8-2-5-17(21)24/h1,3-4,6-7,9-10H,2,5,8,11H2,(H,19,22). The summed E-state index contributed by atoms with van der Waals surface area (Å²) in [4.78, 5) is 37.4. The minimum Gasteiger partial charge on any atom is -0.324 e. The Morgan fingerprint density at radius 2 is 2.04 bits per heavy atom. The number of nitrogens with zero attached hydrogens (tertiary/aromatic N) is 2. The number of hydrogen-bond donors (Lipinski definition) is 1. The molecule has 6 nitrogen and oxygen atoms in total. The number of pyridine rings is 1. The van der Waals surface area contributed by atoms with Crippen LogP contribution in [0.15, 0.2) is 51.9 Å². The van der Waals surface area contributed by atoms with Gasteiger partial charge in [-0.25, -0.2) is 0 Å². The maximum Gasteiger partial charge on any atom is 0.251 e. The van der Waals surface area contributed by atoms with Crippen LogP contribution in [0.5, 0.6) is 0 Å². The van der Waals surface area contributed by atoms with Crippen molar-refractivity contribution in [3.05, 3.63) is 57.4 Å². The van der Waals surface area contributed by atoms with Gasteiger partial charge in [-0.3, -0.25) is 14.4 Å². The molecule has 3 rings (SSSR count). The molecule has 0 atom stereocenters. The quantitative estimate of drug-likeness (QED) is 0.872. The summed E-state index contributed by atoms with van der Waals surface area (Å²) in [5.74, 6) is -0.209. The minimum atomic E-state index is -0.305. The van der Waals surface area contributed by atoms with E-state index in [9.17, 15) is 14.4 Å². The van der Waals surface area contributed by atoms with Gasteiger partial charge in [0.15, 0.2) is 0 Å². The molecule has 0 bridgehead atoms. The van der Waals surface area contributed by atoms with Gasteiger partial charge in [-0.2, -0.15) is 0 Å². The molecule has 0 spiro atoms. The van der Waals surface area contributed by atoms with Crippen LogP contribution in [0.25, 0.3) is 0 Å². The Kier molecular flexibility index (Phi) is 4.80. The van der Waals surface area contributed by atoms with E-state index in [1.165, 1.54) is 10.6 Å². The van der Waals surface area contributed by atoms with Crippen LogP contribution in [0, 0.1) is 0 Å². The number of nitrogens with one attached hydrogen (secondary N) is 1. The normalized spacial score (nSPS) is 14.0. The smallest absolute Gasteiger partial charge is 0.251 e. The topological polar surface area (TPSA) is 71.4 Å². The third-order valence-electron chi connectivity index (χ3n) is 3.78. The van der Waals surface area contributed by atoms with Crippen molar-refractivity contribution in [3.63, 3.8) is 0 Å². The van der Waals surface area contributed by atoms with Gasteiger partial charge in [0.25, 0.3) is 5.56 Å². The highest BCUT2D eigenvalue weighted by Crippen LogP contribution is 2.24. The van der Waals surface area contributed by atoms with Crippen molar-refractivity contribution in [1.29, 1.82) is 0 Å². The number of rotatable bonds is 4. The van der Waals surface area contributed by atoms with Crippen LogP contribution >= 0.6 is 15.9 Å². The summed E-state index contributed by atoms with van der Waals surface area (Å²) >= 11 is 3.28. The largest absolute Gasteiger partial charge is 0.324 e. The van der Waals surface area contributed by atoms with Gasteiger partial charge in [0.05, 0.1) is 0 Å². The maximum absolute atomic E-state index is 12.2. The molecule has 1 saturated heterocycles. The van der Waals surface area contributed by atoms with Gasteiger partial charge < -0.3 is 14.8 Å². The van der Waals surface area contributed by atoms with Crippen molar-refractivity contribution < 1.29 is 9.59 Å². The number of amides is 2. The third kappa shape index (κ3) is 3.73. The van der Waals surface area contributed by atoms with Crippen LogP contribution < -0.4 is 15.8 Å². The lowest BCUT2D eigenvalue weighted by Gasteiger charge is -2.17. The van der Waals surface area contributed by atoms with Gasteiger partial charge in [0.2, 0.25) is 11.8 Å². The first-order chi connectivity index (χ1) is 11.5. The van der Waals surface area contributed by atoms with Gasteiger partial charge in [-0.05, 0) is 46.6 Å². The predicted molar refractivity (Wildman–Crippen MR) is 95.1 cm³/mol. The Morgan fingerprint density at radius 1 is 1.21 bits per heavy atom. The molecular formula is C17H16BrN3O3. The molecule has 24 heavy (non-hydrogen) atoms. The molecule has 0 radical (unpaired) electrons. The van der Waals surface area contributed by atoms with Crippen molar-refractivity contribution in [2.45, 2.75) is 19.4 Å². The summed E-state index contributed by atoms with van der Waals surface area (Å²) in [7, 11) is 0. The SMILES string of the molecule is O=C(Cn1cc(Br)ccc1=O)Nc1cccc(N2CCCC2=O)c1. The predicted octanol–water partition coefficient (Wildman–Crippen LogP) is 2.38. The minimum absolute atomic E-state index is 0.0782. The van der Waals surface area contributed by atoms with Crippen LogP contribution in [0.2, 0.25) is 0 Å². The van der Waals surface area contributed by atoms with Crippen LogP contribution in [0.1, 0.15) is 12.8 Å². The van der Waals surface area contributed by atoms with Crippen LogP contribution in [-0.4, -0.2) is 22.9 Å². The fourth-order valence-corrected chi connectivity index (χ4v) is 3.03. The number of hydrogen-bond acceptors (Lipinski definition) is 3. The molecule has 2 heterocycles. The van der Waals surface area contributed by atoms with Gasteiger partial charge >= 0.3 is 0 Å². The Bertz CT molecular complexity index is 847. The lowest BCUT2D eigenvalue weighted by atomic mass is 10.2. The van der Waals surface area contributed by atoms with E-state index in [2.05, 4.69) is 21.2 Å². The van der Waals surface area contributed by atoms with Crippen molar-refractivity contribution in [1.82, 2.24) is 4.57 Å². The Hall–Kier alpha value is -2.41. The number of carbonyl (C=O) groups excluding carboxylic acids is 2. The van der Waals surface area contributed by atoms with Gasteiger partial charge in [0.1, 0.15) is 6.54 Å². The van der Waals surface area contributed by atoms with Crippen LogP contribution in [0.3, 0.4) is 0 Å². The lowest BCUT2D eigenvalue weighted by Crippen LogP contribution is -2.27. The number of benzene rings is 1. The van der Waals surface area contributed by atoms with Crippen molar-refractivity contribution >= 4 is 39.1 Å². The number of anilines is 2. The lowest BCUT2D eigenvalue weighted by molar-refractivity contribution is -0.117. The highest BCUT2D eigenvalue weighted by molar-refractivity contribution is 9.10. The average molecular weight is 390 g/mol. The van der Waals surface area contributed by atoms with E-state index in [4.69, 9.17) is 0 Å². The summed E-state index contributed by atoms with van der Waals surface area (Å²) in [5, 5.41) is 2.76. The zero-order valence-electron chi connectivity index (χ0n) is 12.9. The maximum atomic E-state index is 12.2. The van der Waals surface area contributed by atoms with Crippen LogP contribution in [-0.2, 0) is 16.1 Å². The number of halogens is 1. The highest BCUT2D eigenvalue weighted by atomic mass is 79.9. The zero-order valence-corrected chi connectivity index (χ0v) is 14.5. The summed E-state index contributed by atoms with van der Waals surface area (Å²) in [5.41, 5.74) is 1.12. The molecule has 0 unspecified atom stereocenters. The molecule has 1 fully saturated rings. The molecule has 1 aliphatic rings. The van der Waals surface area contributed by atoms with E-state index in [-0.39, 0.29) is 23.9 Å². The third-order valence-corrected chi connectivity index (χ3v) is 4.25. The van der Waals surface area contributed by atoms with E-state index in [0.717, 1.165) is 16.6 Å². The zero-order chi connectivity index (χ0) is 17.1. The first-order valence-electron chi connectivity index (χ1n) is 7.59. The molecule has 7 heteroatoms. The molecular weight excluding hydrogens is 374 g/mol. The number of aromatic nitrogens is 1. The highest BCUT2D eigenvalue weighted by Gasteiger charge is 2.21. The molecule has 1 aromatic heterocycles. The Morgan fingerprint density at radius 3 is 2.79 bits per heavy atom. The molecule has 0 aliphatic carbocycles.